The van der Waals surface area contributed by atoms with Crippen molar-refractivity contribution >= 4 is 5.91 Å². The van der Waals surface area contributed by atoms with Crippen molar-refractivity contribution in [2.24, 2.45) is 11.7 Å². The summed E-state index contributed by atoms with van der Waals surface area (Å²) in [6.45, 7) is 9.99. The molecule has 0 spiro atoms. The van der Waals surface area contributed by atoms with Crippen molar-refractivity contribution < 1.29 is 9.53 Å². The van der Waals surface area contributed by atoms with E-state index in [0.717, 1.165) is 32.4 Å². The Kier molecular flexibility index (Phi) is 8.11. The number of hydrogen-bond acceptors (Lipinski definition) is 4. The molecule has 1 aliphatic rings. The van der Waals surface area contributed by atoms with Gasteiger partial charge in [-0.3, -0.25) is 9.69 Å². The lowest BCUT2D eigenvalue weighted by Gasteiger charge is -2.33. The maximum atomic E-state index is 11.8. The van der Waals surface area contributed by atoms with Crippen LogP contribution in [0.4, 0.5) is 0 Å². The molecular weight excluding hydrogens is 254 g/mol. The minimum Gasteiger partial charge on any atom is -0.379 e. The monoisotopic (exact) mass is 285 g/mol. The zero-order valence-corrected chi connectivity index (χ0v) is 13.2. The molecule has 20 heavy (non-hydrogen) atoms. The molecule has 0 saturated carbocycles. The highest BCUT2D eigenvalue weighted by Gasteiger charge is 2.22. The van der Waals surface area contributed by atoms with Gasteiger partial charge in [0.1, 0.15) is 0 Å². The van der Waals surface area contributed by atoms with Gasteiger partial charge < -0.3 is 15.8 Å². The van der Waals surface area contributed by atoms with Crippen LogP contribution in [0.2, 0.25) is 0 Å². The zero-order valence-electron chi connectivity index (χ0n) is 13.2. The van der Waals surface area contributed by atoms with Crippen molar-refractivity contribution in [3.05, 3.63) is 0 Å². The maximum absolute atomic E-state index is 11.8. The van der Waals surface area contributed by atoms with E-state index in [2.05, 4.69) is 17.1 Å². The van der Waals surface area contributed by atoms with Crippen molar-refractivity contribution in [3.63, 3.8) is 0 Å². The lowest BCUT2D eigenvalue weighted by Crippen LogP contribution is -2.44. The van der Waals surface area contributed by atoms with E-state index in [1.54, 1.807) is 0 Å². The van der Waals surface area contributed by atoms with Gasteiger partial charge in [-0.2, -0.15) is 0 Å². The van der Waals surface area contributed by atoms with Gasteiger partial charge in [0.25, 0.3) is 0 Å². The molecule has 1 fully saturated rings. The van der Waals surface area contributed by atoms with Crippen molar-refractivity contribution in [2.45, 2.75) is 52.2 Å². The van der Waals surface area contributed by atoms with E-state index in [9.17, 15) is 4.79 Å². The highest BCUT2D eigenvalue weighted by atomic mass is 16.5. The molecule has 0 aliphatic carbocycles. The molecule has 1 aliphatic heterocycles. The molecule has 0 bridgehead atoms. The summed E-state index contributed by atoms with van der Waals surface area (Å²) in [5.74, 6) is 0.733. The van der Waals surface area contributed by atoms with Crippen molar-refractivity contribution in [2.75, 3.05) is 32.8 Å². The Hall–Kier alpha value is -0.650. The average molecular weight is 285 g/mol. The van der Waals surface area contributed by atoms with Crippen LogP contribution in [0.1, 0.15) is 40.0 Å². The summed E-state index contributed by atoms with van der Waals surface area (Å²) in [5.41, 5.74) is 5.92. The Morgan fingerprint density at radius 3 is 2.55 bits per heavy atom. The quantitative estimate of drug-likeness (QED) is 0.652. The minimum atomic E-state index is 0.119. The SMILES string of the molecule is CC(C)OCCCNC(=O)CN1CCC(C(C)N)CC1. The second-order valence-corrected chi connectivity index (χ2v) is 6.10. The van der Waals surface area contributed by atoms with Gasteiger partial charge in [0.2, 0.25) is 5.91 Å². The van der Waals surface area contributed by atoms with Crippen LogP contribution in [0.15, 0.2) is 0 Å². The first-order valence-electron chi connectivity index (χ1n) is 7.85. The molecule has 1 rings (SSSR count). The summed E-state index contributed by atoms with van der Waals surface area (Å²) in [5, 5.41) is 2.95. The van der Waals surface area contributed by atoms with E-state index in [1.807, 2.05) is 13.8 Å². The first kappa shape index (κ1) is 17.4. The van der Waals surface area contributed by atoms with Crippen LogP contribution in [0.5, 0.6) is 0 Å². The fourth-order valence-electron chi connectivity index (χ4n) is 2.51. The molecule has 0 aromatic heterocycles. The molecule has 118 valence electrons. The van der Waals surface area contributed by atoms with Crippen molar-refractivity contribution in [1.29, 1.82) is 0 Å². The number of rotatable bonds is 8. The Labute approximate surface area is 123 Å². The summed E-state index contributed by atoms with van der Waals surface area (Å²) >= 11 is 0. The molecular formula is C15H31N3O2. The Morgan fingerprint density at radius 1 is 1.35 bits per heavy atom. The third kappa shape index (κ3) is 7.22. The highest BCUT2D eigenvalue weighted by Crippen LogP contribution is 2.18. The standard InChI is InChI=1S/C15H31N3O2/c1-12(2)20-10-4-7-17-15(19)11-18-8-5-14(6-9-18)13(3)16/h12-14H,4-11,16H2,1-3H3,(H,17,19). The van der Waals surface area contributed by atoms with Gasteiger partial charge in [0.05, 0.1) is 12.6 Å². The molecule has 1 amide bonds. The number of likely N-dealkylation sites (tertiary alicyclic amines) is 1. The van der Waals surface area contributed by atoms with Crippen LogP contribution in [0.25, 0.3) is 0 Å². The van der Waals surface area contributed by atoms with Gasteiger partial charge >= 0.3 is 0 Å². The molecule has 0 aromatic rings. The van der Waals surface area contributed by atoms with Crippen LogP contribution in [-0.4, -0.2) is 55.7 Å². The number of nitrogens with two attached hydrogens (primary N) is 1. The van der Waals surface area contributed by atoms with E-state index in [1.165, 1.54) is 0 Å². The number of carbonyl (C=O) groups is 1. The van der Waals surface area contributed by atoms with Crippen LogP contribution in [0, 0.1) is 5.92 Å². The van der Waals surface area contributed by atoms with Gasteiger partial charge in [-0.25, -0.2) is 0 Å². The van der Waals surface area contributed by atoms with Gasteiger partial charge in [0.15, 0.2) is 0 Å². The summed E-state index contributed by atoms with van der Waals surface area (Å²) < 4.78 is 5.43. The minimum absolute atomic E-state index is 0.119. The normalized spacial score (nSPS) is 19.2. The topological polar surface area (TPSA) is 67.6 Å². The van der Waals surface area contributed by atoms with Crippen molar-refractivity contribution in [3.8, 4) is 0 Å². The van der Waals surface area contributed by atoms with E-state index in [4.69, 9.17) is 10.5 Å². The number of nitrogens with zero attached hydrogens (tertiary/aromatic N) is 1. The fourth-order valence-corrected chi connectivity index (χ4v) is 2.51. The fraction of sp³-hybridized carbons (Fsp3) is 0.933. The van der Waals surface area contributed by atoms with Crippen LogP contribution < -0.4 is 11.1 Å². The molecule has 5 nitrogen and oxygen atoms in total. The lowest BCUT2D eigenvalue weighted by atomic mass is 9.91. The molecule has 1 atom stereocenters. The Balaban J connectivity index is 2.05. The van der Waals surface area contributed by atoms with Gasteiger partial charge in [0, 0.05) is 19.2 Å². The summed E-state index contributed by atoms with van der Waals surface area (Å²) in [6, 6.07) is 0.270. The number of ether oxygens (including phenoxy) is 1. The Morgan fingerprint density at radius 2 is 2.00 bits per heavy atom. The number of carbonyl (C=O) groups excluding carboxylic acids is 1. The van der Waals surface area contributed by atoms with Crippen LogP contribution in [0.3, 0.4) is 0 Å². The van der Waals surface area contributed by atoms with Crippen molar-refractivity contribution in [1.82, 2.24) is 10.2 Å². The van der Waals surface area contributed by atoms with Crippen LogP contribution in [-0.2, 0) is 9.53 Å². The second-order valence-electron chi connectivity index (χ2n) is 6.10. The number of nitrogens with one attached hydrogen (secondary N) is 1. The van der Waals surface area contributed by atoms with Gasteiger partial charge in [-0.15, -0.1) is 0 Å². The highest BCUT2D eigenvalue weighted by molar-refractivity contribution is 5.77. The molecule has 1 unspecified atom stereocenters. The Bertz CT molecular complexity index is 274. The molecule has 1 saturated heterocycles. The largest absolute Gasteiger partial charge is 0.379 e. The van der Waals surface area contributed by atoms with Gasteiger partial charge in [-0.05, 0) is 59.0 Å². The first-order chi connectivity index (χ1) is 9.49. The van der Waals surface area contributed by atoms with E-state index in [0.29, 0.717) is 25.6 Å². The molecule has 5 heteroatoms. The third-order valence-corrected chi connectivity index (χ3v) is 3.84. The summed E-state index contributed by atoms with van der Waals surface area (Å²) in [4.78, 5) is 14.0. The van der Waals surface area contributed by atoms with Crippen LogP contribution >= 0.6 is 0 Å². The average Bonchev–Trinajstić information content (AvgIpc) is 2.38. The summed E-state index contributed by atoms with van der Waals surface area (Å²) in [6.07, 6.45) is 3.34. The number of hydrogen-bond donors (Lipinski definition) is 2. The smallest absolute Gasteiger partial charge is 0.234 e. The predicted molar refractivity (Wildman–Crippen MR) is 81.5 cm³/mol. The maximum Gasteiger partial charge on any atom is 0.234 e. The van der Waals surface area contributed by atoms with E-state index in [-0.39, 0.29) is 18.1 Å². The van der Waals surface area contributed by atoms with E-state index >= 15 is 0 Å². The lowest BCUT2D eigenvalue weighted by molar-refractivity contribution is -0.122. The van der Waals surface area contributed by atoms with Gasteiger partial charge in [-0.1, -0.05) is 0 Å². The molecule has 3 N–H and O–H groups in total. The summed E-state index contributed by atoms with van der Waals surface area (Å²) in [7, 11) is 0. The number of piperidine rings is 1. The van der Waals surface area contributed by atoms with E-state index < -0.39 is 0 Å². The molecule has 1 heterocycles. The zero-order chi connectivity index (χ0) is 15.0. The molecule has 0 radical (unpaired) electrons. The third-order valence-electron chi connectivity index (χ3n) is 3.84. The molecule has 0 aromatic carbocycles. The number of amides is 1. The second kappa shape index (κ2) is 9.32. The first-order valence-corrected chi connectivity index (χ1v) is 7.85. The predicted octanol–water partition coefficient (Wildman–Crippen LogP) is 0.977.